The number of aryl methyl sites for hydroxylation is 1. The van der Waals surface area contributed by atoms with Crippen LogP contribution in [0.15, 0.2) is 36.4 Å². The van der Waals surface area contributed by atoms with Crippen LogP contribution in [-0.4, -0.2) is 26.8 Å². The number of methoxy groups -OCH3 is 1. The van der Waals surface area contributed by atoms with Crippen molar-refractivity contribution >= 4 is 11.4 Å². The molecule has 24 heavy (non-hydrogen) atoms. The van der Waals surface area contributed by atoms with Gasteiger partial charge in [-0.15, -0.1) is 0 Å². The summed E-state index contributed by atoms with van der Waals surface area (Å²) in [4.78, 5) is 2.47. The standard InChI is InChI=1S/C20H26N2O2/c1-3-24-20-16(13-17(21)14-19(20)23-2)8-6-11-22-12-10-15-7-4-5-9-18(15)22/h4-5,7,9,13-14H,3,6,8,10-12,21H2,1-2H3. The van der Waals surface area contributed by atoms with Gasteiger partial charge in [-0.2, -0.15) is 0 Å². The van der Waals surface area contributed by atoms with E-state index in [0.717, 1.165) is 55.1 Å². The zero-order valence-corrected chi connectivity index (χ0v) is 14.5. The maximum atomic E-state index is 6.01. The molecule has 0 aliphatic carbocycles. The predicted molar refractivity (Wildman–Crippen MR) is 99.3 cm³/mol. The van der Waals surface area contributed by atoms with Crippen molar-refractivity contribution in [1.29, 1.82) is 0 Å². The third-order valence-corrected chi connectivity index (χ3v) is 4.52. The summed E-state index contributed by atoms with van der Waals surface area (Å²) in [6, 6.07) is 12.5. The van der Waals surface area contributed by atoms with Gasteiger partial charge < -0.3 is 20.1 Å². The summed E-state index contributed by atoms with van der Waals surface area (Å²) in [6.07, 6.45) is 3.13. The average molecular weight is 326 g/mol. The normalized spacial score (nSPS) is 13.0. The summed E-state index contributed by atoms with van der Waals surface area (Å²) in [5.41, 5.74) is 10.7. The van der Waals surface area contributed by atoms with E-state index in [-0.39, 0.29) is 0 Å². The summed E-state index contributed by atoms with van der Waals surface area (Å²) in [6.45, 7) is 4.76. The van der Waals surface area contributed by atoms with Gasteiger partial charge in [0.25, 0.3) is 0 Å². The lowest BCUT2D eigenvalue weighted by Gasteiger charge is -2.20. The van der Waals surface area contributed by atoms with E-state index in [1.54, 1.807) is 7.11 Å². The largest absolute Gasteiger partial charge is 0.493 e. The Morgan fingerprint density at radius 2 is 2.04 bits per heavy atom. The van der Waals surface area contributed by atoms with Crippen molar-refractivity contribution < 1.29 is 9.47 Å². The van der Waals surface area contributed by atoms with Gasteiger partial charge in [0.2, 0.25) is 0 Å². The lowest BCUT2D eigenvalue weighted by molar-refractivity contribution is 0.307. The molecule has 4 nitrogen and oxygen atoms in total. The molecule has 1 aliphatic rings. The maximum Gasteiger partial charge on any atom is 0.164 e. The van der Waals surface area contributed by atoms with Crippen molar-refractivity contribution in [2.75, 3.05) is 37.4 Å². The highest BCUT2D eigenvalue weighted by Crippen LogP contribution is 2.35. The first kappa shape index (κ1) is 16.5. The minimum atomic E-state index is 0.618. The van der Waals surface area contributed by atoms with Crippen LogP contribution in [0.25, 0.3) is 0 Å². The van der Waals surface area contributed by atoms with Crippen LogP contribution >= 0.6 is 0 Å². The first-order valence-electron chi connectivity index (χ1n) is 8.65. The average Bonchev–Trinajstić information content (AvgIpc) is 3.00. The van der Waals surface area contributed by atoms with Crippen molar-refractivity contribution in [2.24, 2.45) is 0 Å². The number of benzene rings is 2. The van der Waals surface area contributed by atoms with Gasteiger partial charge in [0.15, 0.2) is 11.5 Å². The Hall–Kier alpha value is -2.36. The highest BCUT2D eigenvalue weighted by atomic mass is 16.5. The molecule has 0 atom stereocenters. The van der Waals surface area contributed by atoms with Crippen molar-refractivity contribution in [3.05, 3.63) is 47.5 Å². The number of anilines is 2. The Balaban J connectivity index is 1.68. The number of fused-ring (bicyclic) bond motifs is 1. The molecule has 0 amide bonds. The Morgan fingerprint density at radius 3 is 2.83 bits per heavy atom. The summed E-state index contributed by atoms with van der Waals surface area (Å²) in [5.74, 6) is 1.55. The second kappa shape index (κ2) is 7.47. The van der Waals surface area contributed by atoms with Crippen LogP contribution in [0.5, 0.6) is 11.5 Å². The minimum absolute atomic E-state index is 0.618. The number of hydrogen-bond acceptors (Lipinski definition) is 4. The topological polar surface area (TPSA) is 47.7 Å². The van der Waals surface area contributed by atoms with Crippen molar-refractivity contribution in [1.82, 2.24) is 0 Å². The van der Waals surface area contributed by atoms with E-state index in [2.05, 4.69) is 29.2 Å². The molecule has 2 aromatic rings. The van der Waals surface area contributed by atoms with Crippen molar-refractivity contribution in [2.45, 2.75) is 26.2 Å². The molecule has 3 rings (SSSR count). The third kappa shape index (κ3) is 3.42. The van der Waals surface area contributed by atoms with E-state index < -0.39 is 0 Å². The molecular weight excluding hydrogens is 300 g/mol. The van der Waals surface area contributed by atoms with Gasteiger partial charge in [0.05, 0.1) is 13.7 Å². The molecule has 0 spiro atoms. The van der Waals surface area contributed by atoms with E-state index >= 15 is 0 Å². The van der Waals surface area contributed by atoms with Crippen molar-refractivity contribution in [3.8, 4) is 11.5 Å². The molecule has 0 bridgehead atoms. The molecule has 0 saturated heterocycles. The molecule has 128 valence electrons. The van der Waals surface area contributed by atoms with Crippen LogP contribution in [0.4, 0.5) is 11.4 Å². The van der Waals surface area contributed by atoms with Crippen LogP contribution in [0, 0.1) is 0 Å². The number of rotatable bonds is 7. The number of nitrogen functional groups attached to an aromatic ring is 1. The van der Waals surface area contributed by atoms with Gasteiger partial charge in [-0.25, -0.2) is 0 Å². The molecular formula is C20H26N2O2. The molecule has 1 aliphatic heterocycles. The fourth-order valence-electron chi connectivity index (χ4n) is 3.43. The Morgan fingerprint density at radius 1 is 1.21 bits per heavy atom. The molecule has 0 fully saturated rings. The second-order valence-corrected chi connectivity index (χ2v) is 6.11. The molecule has 0 saturated carbocycles. The van der Waals surface area contributed by atoms with E-state index in [0.29, 0.717) is 6.61 Å². The third-order valence-electron chi connectivity index (χ3n) is 4.52. The highest BCUT2D eigenvalue weighted by molar-refractivity contribution is 5.58. The number of ether oxygens (including phenoxy) is 2. The van der Waals surface area contributed by atoms with Crippen LogP contribution in [-0.2, 0) is 12.8 Å². The molecule has 0 aromatic heterocycles. The fraction of sp³-hybridized carbons (Fsp3) is 0.400. The molecule has 4 heteroatoms. The van der Waals surface area contributed by atoms with Crippen molar-refractivity contribution in [3.63, 3.8) is 0 Å². The quantitative estimate of drug-likeness (QED) is 0.789. The Bertz CT molecular complexity index is 700. The zero-order valence-electron chi connectivity index (χ0n) is 14.5. The summed E-state index contributed by atoms with van der Waals surface area (Å²) < 4.78 is 11.2. The highest BCUT2D eigenvalue weighted by Gasteiger charge is 2.18. The number of para-hydroxylation sites is 1. The monoisotopic (exact) mass is 326 g/mol. The second-order valence-electron chi connectivity index (χ2n) is 6.11. The number of nitrogens with zero attached hydrogens (tertiary/aromatic N) is 1. The van der Waals surface area contributed by atoms with Crippen LogP contribution < -0.4 is 20.1 Å². The minimum Gasteiger partial charge on any atom is -0.493 e. The van der Waals surface area contributed by atoms with Gasteiger partial charge in [-0.1, -0.05) is 18.2 Å². The van der Waals surface area contributed by atoms with E-state index in [9.17, 15) is 0 Å². The zero-order chi connectivity index (χ0) is 16.9. The molecule has 1 heterocycles. The summed E-state index contributed by atoms with van der Waals surface area (Å²) in [5, 5.41) is 0. The van der Waals surface area contributed by atoms with Gasteiger partial charge in [-0.3, -0.25) is 0 Å². The lowest BCUT2D eigenvalue weighted by atomic mass is 10.1. The van der Waals surface area contributed by atoms with E-state index in [1.807, 2.05) is 19.1 Å². The smallest absolute Gasteiger partial charge is 0.164 e. The van der Waals surface area contributed by atoms with E-state index in [1.165, 1.54) is 11.3 Å². The predicted octanol–water partition coefficient (Wildman–Crippen LogP) is 3.67. The summed E-state index contributed by atoms with van der Waals surface area (Å²) >= 11 is 0. The SMILES string of the molecule is CCOc1c(CCCN2CCc3ccccc32)cc(N)cc1OC. The fourth-order valence-corrected chi connectivity index (χ4v) is 3.43. The first-order chi connectivity index (χ1) is 11.7. The lowest BCUT2D eigenvalue weighted by Crippen LogP contribution is -2.22. The number of nitrogens with two attached hydrogens (primary N) is 1. The van der Waals surface area contributed by atoms with Gasteiger partial charge in [0.1, 0.15) is 0 Å². The van der Waals surface area contributed by atoms with Crippen LogP contribution in [0.3, 0.4) is 0 Å². The Labute approximate surface area is 144 Å². The van der Waals surface area contributed by atoms with Crippen LogP contribution in [0.1, 0.15) is 24.5 Å². The molecule has 0 radical (unpaired) electrons. The van der Waals surface area contributed by atoms with Gasteiger partial charge in [-0.05, 0) is 43.9 Å². The molecule has 2 aromatic carbocycles. The van der Waals surface area contributed by atoms with Gasteiger partial charge in [0, 0.05) is 36.1 Å². The maximum absolute atomic E-state index is 6.01. The molecule has 2 N–H and O–H groups in total. The van der Waals surface area contributed by atoms with Crippen LogP contribution in [0.2, 0.25) is 0 Å². The van der Waals surface area contributed by atoms with Gasteiger partial charge >= 0.3 is 0 Å². The molecule has 0 unspecified atom stereocenters. The number of hydrogen-bond donors (Lipinski definition) is 1. The summed E-state index contributed by atoms with van der Waals surface area (Å²) in [7, 11) is 1.65. The first-order valence-corrected chi connectivity index (χ1v) is 8.65. The Kier molecular flexibility index (Phi) is 5.14. The van der Waals surface area contributed by atoms with E-state index in [4.69, 9.17) is 15.2 Å².